The third-order valence-electron chi connectivity index (χ3n) is 2.52. The Morgan fingerprint density at radius 2 is 2.31 bits per heavy atom. The summed E-state index contributed by atoms with van der Waals surface area (Å²) in [4.78, 5) is 0. The molecular formula is C12H17NO3. The van der Waals surface area contributed by atoms with Gasteiger partial charge in [0.15, 0.2) is 6.29 Å². The fraction of sp³-hybridized carbons (Fsp3) is 0.500. The molecule has 4 nitrogen and oxygen atoms in total. The van der Waals surface area contributed by atoms with Gasteiger partial charge in [0.1, 0.15) is 18.5 Å². The maximum Gasteiger partial charge on any atom is 0.155 e. The summed E-state index contributed by atoms with van der Waals surface area (Å²) >= 11 is 0. The lowest BCUT2D eigenvalue weighted by atomic mass is 10.2. The summed E-state index contributed by atoms with van der Waals surface area (Å²) in [7, 11) is 0. The Labute approximate surface area is 95.3 Å². The van der Waals surface area contributed by atoms with E-state index < -0.39 is 0 Å². The molecule has 1 heterocycles. The van der Waals surface area contributed by atoms with Gasteiger partial charge in [-0.2, -0.15) is 0 Å². The van der Waals surface area contributed by atoms with E-state index in [1.54, 1.807) is 0 Å². The molecule has 1 fully saturated rings. The van der Waals surface area contributed by atoms with Crippen molar-refractivity contribution in [2.24, 2.45) is 0 Å². The van der Waals surface area contributed by atoms with Crippen molar-refractivity contribution in [2.75, 3.05) is 18.9 Å². The molecule has 0 bridgehead atoms. The lowest BCUT2D eigenvalue weighted by molar-refractivity contribution is -0.0487. The van der Waals surface area contributed by atoms with Crippen molar-refractivity contribution in [3.63, 3.8) is 0 Å². The highest BCUT2D eigenvalue weighted by Gasteiger charge is 2.22. The summed E-state index contributed by atoms with van der Waals surface area (Å²) in [5.41, 5.74) is 7.45. The van der Waals surface area contributed by atoms with Crippen molar-refractivity contribution >= 4 is 5.69 Å². The number of aryl methyl sites for hydroxylation is 1. The van der Waals surface area contributed by atoms with E-state index in [0.717, 1.165) is 17.0 Å². The molecule has 0 saturated carbocycles. The fourth-order valence-corrected chi connectivity index (χ4v) is 1.70. The Morgan fingerprint density at radius 3 is 2.94 bits per heavy atom. The van der Waals surface area contributed by atoms with Gasteiger partial charge < -0.3 is 19.9 Å². The van der Waals surface area contributed by atoms with Crippen LogP contribution in [0.25, 0.3) is 0 Å². The van der Waals surface area contributed by atoms with Crippen LogP contribution in [0.3, 0.4) is 0 Å². The normalized spacial score (nSPS) is 24.6. The van der Waals surface area contributed by atoms with Crippen LogP contribution in [0.15, 0.2) is 18.2 Å². The molecule has 0 amide bonds. The minimum absolute atomic E-state index is 0.0203. The Bertz CT molecular complexity index is 367. The second-order valence-electron chi connectivity index (χ2n) is 3.99. The van der Waals surface area contributed by atoms with Crippen molar-refractivity contribution in [1.82, 2.24) is 0 Å². The molecule has 2 N–H and O–H groups in total. The van der Waals surface area contributed by atoms with Crippen molar-refractivity contribution in [2.45, 2.75) is 26.2 Å². The van der Waals surface area contributed by atoms with E-state index in [1.165, 1.54) is 0 Å². The highest BCUT2D eigenvalue weighted by Crippen LogP contribution is 2.21. The zero-order valence-electron chi connectivity index (χ0n) is 9.60. The van der Waals surface area contributed by atoms with Crippen molar-refractivity contribution < 1.29 is 14.2 Å². The molecule has 2 atom stereocenters. The van der Waals surface area contributed by atoms with Gasteiger partial charge >= 0.3 is 0 Å². The highest BCUT2D eigenvalue weighted by atomic mass is 16.7. The summed E-state index contributed by atoms with van der Waals surface area (Å²) < 4.78 is 16.4. The quantitative estimate of drug-likeness (QED) is 0.793. The van der Waals surface area contributed by atoms with Gasteiger partial charge in [-0.05, 0) is 37.6 Å². The summed E-state index contributed by atoms with van der Waals surface area (Å²) in [6, 6.07) is 5.60. The number of hydrogen-bond donors (Lipinski definition) is 1. The minimum Gasteiger partial charge on any atom is -0.491 e. The largest absolute Gasteiger partial charge is 0.491 e. The van der Waals surface area contributed by atoms with Gasteiger partial charge in [0.2, 0.25) is 0 Å². The lowest BCUT2D eigenvalue weighted by Crippen LogP contribution is -2.20. The molecule has 1 aliphatic rings. The maximum absolute atomic E-state index is 5.66. The van der Waals surface area contributed by atoms with Crippen LogP contribution in [0, 0.1) is 6.92 Å². The third-order valence-corrected chi connectivity index (χ3v) is 2.52. The molecule has 0 aliphatic carbocycles. The molecule has 1 aromatic carbocycles. The van der Waals surface area contributed by atoms with E-state index >= 15 is 0 Å². The van der Waals surface area contributed by atoms with Gasteiger partial charge in [-0.1, -0.05) is 0 Å². The molecule has 0 radical (unpaired) electrons. The van der Waals surface area contributed by atoms with Gasteiger partial charge in [0.05, 0.1) is 6.61 Å². The molecular weight excluding hydrogens is 206 g/mol. The predicted molar refractivity (Wildman–Crippen MR) is 61.4 cm³/mol. The smallest absolute Gasteiger partial charge is 0.155 e. The number of nitrogen functional groups attached to an aromatic ring is 1. The van der Waals surface area contributed by atoms with Crippen molar-refractivity contribution in [3.8, 4) is 5.75 Å². The number of hydrogen-bond acceptors (Lipinski definition) is 4. The average molecular weight is 223 g/mol. The molecule has 88 valence electrons. The van der Waals surface area contributed by atoms with Crippen LogP contribution in [-0.2, 0) is 9.47 Å². The monoisotopic (exact) mass is 223 g/mol. The van der Waals surface area contributed by atoms with Gasteiger partial charge in [0.25, 0.3) is 0 Å². The number of ether oxygens (including phenoxy) is 3. The summed E-state index contributed by atoms with van der Waals surface area (Å²) in [5, 5.41) is 0. The zero-order chi connectivity index (χ0) is 11.5. The fourth-order valence-electron chi connectivity index (χ4n) is 1.70. The van der Waals surface area contributed by atoms with Gasteiger partial charge in [-0.15, -0.1) is 0 Å². The van der Waals surface area contributed by atoms with Crippen LogP contribution in [0.5, 0.6) is 5.75 Å². The van der Waals surface area contributed by atoms with Crippen LogP contribution in [0.2, 0.25) is 0 Å². The first-order valence-corrected chi connectivity index (χ1v) is 5.41. The van der Waals surface area contributed by atoms with Crippen LogP contribution < -0.4 is 10.5 Å². The Hall–Kier alpha value is -1.26. The molecule has 2 rings (SSSR count). The van der Waals surface area contributed by atoms with Crippen LogP contribution in [0.4, 0.5) is 5.69 Å². The van der Waals surface area contributed by atoms with E-state index in [-0.39, 0.29) is 12.4 Å². The molecule has 0 aromatic heterocycles. The Kier molecular flexibility index (Phi) is 3.31. The molecule has 1 aromatic rings. The van der Waals surface area contributed by atoms with E-state index in [2.05, 4.69) is 0 Å². The highest BCUT2D eigenvalue weighted by molar-refractivity contribution is 5.47. The first-order chi connectivity index (χ1) is 7.65. The van der Waals surface area contributed by atoms with Crippen molar-refractivity contribution in [3.05, 3.63) is 23.8 Å². The lowest BCUT2D eigenvalue weighted by Gasteiger charge is -2.12. The van der Waals surface area contributed by atoms with Gasteiger partial charge in [-0.25, -0.2) is 0 Å². The third kappa shape index (κ3) is 2.65. The van der Waals surface area contributed by atoms with E-state index in [4.69, 9.17) is 19.9 Å². The summed E-state index contributed by atoms with van der Waals surface area (Å²) in [6.07, 6.45) is -0.104. The van der Waals surface area contributed by atoms with E-state index in [0.29, 0.717) is 13.2 Å². The average Bonchev–Trinajstić information content (AvgIpc) is 2.63. The molecule has 2 unspecified atom stereocenters. The number of nitrogens with two attached hydrogens (primary N) is 1. The first kappa shape index (κ1) is 11.2. The Balaban J connectivity index is 1.89. The predicted octanol–water partition coefficient (Wildman–Crippen LogP) is 1.72. The SMILES string of the molecule is Cc1cc(N)ccc1OCC1COC(C)O1. The molecule has 1 saturated heterocycles. The molecule has 1 aliphatic heterocycles. The van der Waals surface area contributed by atoms with Crippen LogP contribution >= 0.6 is 0 Å². The van der Waals surface area contributed by atoms with E-state index in [1.807, 2.05) is 32.0 Å². The molecule has 16 heavy (non-hydrogen) atoms. The summed E-state index contributed by atoms with van der Waals surface area (Å²) in [6.45, 7) is 4.96. The molecule has 4 heteroatoms. The summed E-state index contributed by atoms with van der Waals surface area (Å²) in [5.74, 6) is 0.845. The van der Waals surface area contributed by atoms with Gasteiger partial charge in [0, 0.05) is 5.69 Å². The number of benzene rings is 1. The Morgan fingerprint density at radius 1 is 1.50 bits per heavy atom. The van der Waals surface area contributed by atoms with Crippen LogP contribution in [0.1, 0.15) is 12.5 Å². The molecule has 0 spiro atoms. The number of rotatable bonds is 3. The minimum atomic E-state index is -0.124. The second kappa shape index (κ2) is 4.72. The van der Waals surface area contributed by atoms with Crippen LogP contribution in [-0.4, -0.2) is 25.6 Å². The topological polar surface area (TPSA) is 53.7 Å². The zero-order valence-corrected chi connectivity index (χ0v) is 9.60. The standard InChI is InChI=1S/C12H17NO3/c1-8-5-10(13)3-4-12(8)15-7-11-6-14-9(2)16-11/h3-5,9,11H,6-7,13H2,1-2H3. The van der Waals surface area contributed by atoms with Gasteiger partial charge in [-0.3, -0.25) is 0 Å². The second-order valence-corrected chi connectivity index (χ2v) is 3.99. The number of anilines is 1. The van der Waals surface area contributed by atoms with Crippen molar-refractivity contribution in [1.29, 1.82) is 0 Å². The maximum atomic E-state index is 5.66. The van der Waals surface area contributed by atoms with E-state index in [9.17, 15) is 0 Å². The first-order valence-electron chi connectivity index (χ1n) is 5.41.